The first-order valence-electron chi connectivity index (χ1n) is 11.6. The largest absolute Gasteiger partial charge is 0.361 e. The van der Waals surface area contributed by atoms with Gasteiger partial charge in [0.15, 0.2) is 0 Å². The Labute approximate surface area is 193 Å². The maximum atomic E-state index is 15.1. The number of hydrogen-bond acceptors (Lipinski definition) is 5. The van der Waals surface area contributed by atoms with Crippen molar-refractivity contribution in [2.45, 2.75) is 25.4 Å². The van der Waals surface area contributed by atoms with E-state index >= 15 is 4.39 Å². The fourth-order valence-corrected chi connectivity index (χ4v) is 4.75. The molecular formula is C25H30FN7. The molecule has 1 aliphatic rings. The fraction of sp³-hybridized carbons (Fsp3) is 0.400. The van der Waals surface area contributed by atoms with E-state index in [9.17, 15) is 0 Å². The van der Waals surface area contributed by atoms with Crippen LogP contribution in [-0.2, 0) is 6.42 Å². The molecule has 5 rings (SSSR count). The van der Waals surface area contributed by atoms with Gasteiger partial charge < -0.3 is 9.88 Å². The van der Waals surface area contributed by atoms with Crippen molar-refractivity contribution >= 4 is 10.9 Å². The van der Waals surface area contributed by atoms with Crippen LogP contribution in [0.25, 0.3) is 16.6 Å². The molecule has 2 atom stereocenters. The normalized spacial score (nSPS) is 17.4. The molecule has 0 radical (unpaired) electrons. The number of alkyl halides is 1. The molecule has 1 aromatic carbocycles. The Morgan fingerprint density at radius 3 is 2.39 bits per heavy atom. The molecule has 0 amide bonds. The van der Waals surface area contributed by atoms with E-state index in [1.807, 2.05) is 35.3 Å². The van der Waals surface area contributed by atoms with Gasteiger partial charge in [0.25, 0.3) is 0 Å². The van der Waals surface area contributed by atoms with E-state index in [1.54, 1.807) is 12.7 Å². The number of nitrogens with zero attached hydrogens (tertiary/aromatic N) is 6. The van der Waals surface area contributed by atoms with Gasteiger partial charge in [-0.05, 0) is 47.4 Å². The van der Waals surface area contributed by atoms with Crippen molar-refractivity contribution in [3.63, 3.8) is 0 Å². The van der Waals surface area contributed by atoms with Crippen molar-refractivity contribution < 1.29 is 4.39 Å². The first-order valence-corrected chi connectivity index (χ1v) is 11.6. The number of fused-ring (bicyclic) bond motifs is 1. The summed E-state index contributed by atoms with van der Waals surface area (Å²) in [7, 11) is 0. The topological polar surface area (TPSA) is 65.9 Å². The second kappa shape index (κ2) is 9.80. The van der Waals surface area contributed by atoms with Crippen LogP contribution in [0.4, 0.5) is 4.39 Å². The molecule has 8 heteroatoms. The van der Waals surface area contributed by atoms with E-state index in [2.05, 4.69) is 55.1 Å². The van der Waals surface area contributed by atoms with Crippen LogP contribution in [-0.4, -0.2) is 80.0 Å². The maximum absolute atomic E-state index is 15.1. The van der Waals surface area contributed by atoms with Crippen LogP contribution >= 0.6 is 0 Å². The van der Waals surface area contributed by atoms with Gasteiger partial charge in [-0.25, -0.2) is 4.39 Å². The van der Waals surface area contributed by atoms with Crippen molar-refractivity contribution in [1.29, 1.82) is 0 Å². The molecule has 0 spiro atoms. The lowest BCUT2D eigenvalue weighted by molar-refractivity contribution is 0.104. The summed E-state index contributed by atoms with van der Waals surface area (Å²) in [4.78, 5) is 12.1. The zero-order valence-corrected chi connectivity index (χ0v) is 18.9. The Morgan fingerprint density at radius 2 is 1.67 bits per heavy atom. The third-order valence-corrected chi connectivity index (χ3v) is 6.64. The van der Waals surface area contributed by atoms with Crippen LogP contribution in [0, 0.1) is 0 Å². The predicted octanol–water partition coefficient (Wildman–Crippen LogP) is 3.45. The molecule has 7 nitrogen and oxygen atoms in total. The number of aromatic nitrogens is 5. The number of rotatable bonds is 8. The monoisotopic (exact) mass is 447 g/mol. The van der Waals surface area contributed by atoms with Gasteiger partial charge in [0.1, 0.15) is 18.8 Å². The molecule has 1 N–H and O–H groups in total. The van der Waals surface area contributed by atoms with E-state index in [-0.39, 0.29) is 0 Å². The lowest BCUT2D eigenvalue weighted by Crippen LogP contribution is -2.49. The second-order valence-electron chi connectivity index (χ2n) is 9.00. The molecule has 172 valence electrons. The van der Waals surface area contributed by atoms with Crippen molar-refractivity contribution in [3.8, 4) is 5.69 Å². The van der Waals surface area contributed by atoms with Gasteiger partial charge in [0, 0.05) is 80.9 Å². The number of aromatic amines is 1. The molecule has 3 aromatic heterocycles. The smallest absolute Gasteiger partial charge is 0.123 e. The fourth-order valence-electron chi connectivity index (χ4n) is 4.75. The highest BCUT2D eigenvalue weighted by Gasteiger charge is 2.22. The number of pyridine rings is 1. The molecular weight excluding hydrogens is 417 g/mol. The minimum atomic E-state index is -0.898. The molecule has 4 aromatic rings. The quantitative estimate of drug-likeness (QED) is 0.448. The number of H-pyrrole nitrogens is 1. The molecule has 1 saturated heterocycles. The maximum Gasteiger partial charge on any atom is 0.123 e. The summed E-state index contributed by atoms with van der Waals surface area (Å²) in [6.07, 6.45) is 8.50. The summed E-state index contributed by atoms with van der Waals surface area (Å²) in [5.74, 6) is 0.471. The standard InChI is InChI=1S/C25H30FN7/c1-19(20-4-6-27-7-5-20)15-31-8-10-32(11-9-31)16-22(26)12-21-14-28-25-3-2-23(13-24(21)25)33-17-29-30-18-33/h2-7,13-14,17-19,22,28H,8-12,15-16H2,1H3. The molecule has 2 unspecified atom stereocenters. The molecule has 33 heavy (non-hydrogen) atoms. The minimum Gasteiger partial charge on any atom is -0.361 e. The zero-order valence-electron chi connectivity index (χ0n) is 18.9. The molecule has 0 bridgehead atoms. The summed E-state index contributed by atoms with van der Waals surface area (Å²) in [6, 6.07) is 10.3. The van der Waals surface area contributed by atoms with E-state index in [0.717, 1.165) is 54.9 Å². The number of hydrogen-bond donors (Lipinski definition) is 1. The Hall–Kier alpha value is -3.10. The van der Waals surface area contributed by atoms with Crippen molar-refractivity contribution in [2.75, 3.05) is 39.3 Å². The highest BCUT2D eigenvalue weighted by Crippen LogP contribution is 2.24. The van der Waals surface area contributed by atoms with Crippen molar-refractivity contribution in [1.82, 2.24) is 34.5 Å². The predicted molar refractivity (Wildman–Crippen MR) is 127 cm³/mol. The van der Waals surface area contributed by atoms with E-state index in [1.165, 1.54) is 5.56 Å². The Balaban J connectivity index is 1.14. The molecule has 4 heterocycles. The third kappa shape index (κ3) is 5.12. The molecule has 1 aliphatic heterocycles. The van der Waals surface area contributed by atoms with Gasteiger partial charge in [0.2, 0.25) is 0 Å². The van der Waals surface area contributed by atoms with Gasteiger partial charge in [-0.3, -0.25) is 14.5 Å². The van der Waals surface area contributed by atoms with Gasteiger partial charge in [-0.1, -0.05) is 6.92 Å². The lowest BCUT2D eigenvalue weighted by atomic mass is 10.0. The number of piperazine rings is 1. The third-order valence-electron chi connectivity index (χ3n) is 6.64. The highest BCUT2D eigenvalue weighted by molar-refractivity contribution is 5.85. The Kier molecular flexibility index (Phi) is 6.46. The van der Waals surface area contributed by atoms with Gasteiger partial charge in [0.05, 0.1) is 0 Å². The SMILES string of the molecule is CC(CN1CCN(CC(F)Cc2c[nH]c3ccc(-n4cnnc4)cc23)CC1)c1ccncc1. The Bertz CT molecular complexity index is 1150. The Morgan fingerprint density at radius 1 is 0.970 bits per heavy atom. The average molecular weight is 448 g/mol. The van der Waals surface area contributed by atoms with E-state index in [0.29, 0.717) is 18.9 Å². The summed E-state index contributed by atoms with van der Waals surface area (Å²) >= 11 is 0. The van der Waals surface area contributed by atoms with Crippen molar-refractivity contribution in [3.05, 3.63) is 72.7 Å². The van der Waals surface area contributed by atoms with Crippen LogP contribution in [0.3, 0.4) is 0 Å². The first kappa shape index (κ1) is 21.7. The second-order valence-corrected chi connectivity index (χ2v) is 9.00. The average Bonchev–Trinajstić information content (AvgIpc) is 3.51. The minimum absolute atomic E-state index is 0.408. The summed E-state index contributed by atoms with van der Waals surface area (Å²) in [6.45, 7) is 7.56. The van der Waals surface area contributed by atoms with Gasteiger partial charge >= 0.3 is 0 Å². The number of nitrogens with one attached hydrogen (secondary N) is 1. The first-order chi connectivity index (χ1) is 16.2. The molecule has 1 fully saturated rings. The van der Waals surface area contributed by atoms with Crippen LogP contribution < -0.4 is 0 Å². The molecule has 0 saturated carbocycles. The number of halogens is 1. The summed E-state index contributed by atoms with van der Waals surface area (Å²) < 4.78 is 16.9. The van der Waals surface area contributed by atoms with E-state index in [4.69, 9.17) is 0 Å². The van der Waals surface area contributed by atoms with Crippen LogP contribution in [0.15, 0.2) is 61.6 Å². The van der Waals surface area contributed by atoms with E-state index < -0.39 is 6.17 Å². The summed E-state index contributed by atoms with van der Waals surface area (Å²) in [5, 5.41) is 8.80. The van der Waals surface area contributed by atoms with Crippen LogP contribution in [0.5, 0.6) is 0 Å². The zero-order chi connectivity index (χ0) is 22.6. The van der Waals surface area contributed by atoms with Gasteiger partial charge in [-0.15, -0.1) is 10.2 Å². The van der Waals surface area contributed by atoms with Crippen LogP contribution in [0.2, 0.25) is 0 Å². The van der Waals surface area contributed by atoms with Crippen molar-refractivity contribution in [2.24, 2.45) is 0 Å². The van der Waals surface area contributed by atoms with Crippen LogP contribution in [0.1, 0.15) is 24.0 Å². The van der Waals surface area contributed by atoms with Gasteiger partial charge in [-0.2, -0.15) is 0 Å². The number of benzene rings is 1. The summed E-state index contributed by atoms with van der Waals surface area (Å²) in [5.41, 5.74) is 4.33. The highest BCUT2D eigenvalue weighted by atomic mass is 19.1. The lowest BCUT2D eigenvalue weighted by Gasteiger charge is -2.36. The molecule has 0 aliphatic carbocycles.